The van der Waals surface area contributed by atoms with Crippen LogP contribution in [0.2, 0.25) is 0 Å². The lowest BCUT2D eigenvalue weighted by molar-refractivity contribution is 0.0784. The molecule has 0 saturated heterocycles. The molecular weight excluding hydrogens is 298 g/mol. The van der Waals surface area contributed by atoms with Gasteiger partial charge in [-0.3, -0.25) is 9.89 Å². The molecule has 0 fully saturated rings. The van der Waals surface area contributed by atoms with Crippen LogP contribution >= 0.6 is 11.3 Å². The zero-order chi connectivity index (χ0) is 15.5. The summed E-state index contributed by atoms with van der Waals surface area (Å²) in [4.78, 5) is 18.3. The topological polar surface area (TPSA) is 66.8 Å². The summed E-state index contributed by atoms with van der Waals surface area (Å²) in [6.07, 6.45) is 3.68. The smallest absolute Gasteiger partial charge is 0.271 e. The Balaban J connectivity index is 1.64. The van der Waals surface area contributed by atoms with Gasteiger partial charge >= 0.3 is 0 Å². The van der Waals surface area contributed by atoms with Crippen LogP contribution in [0.1, 0.15) is 16.3 Å². The number of carbonyl (C=O) groups is 1. The summed E-state index contributed by atoms with van der Waals surface area (Å²) in [5, 5.41) is 11.0. The van der Waals surface area contributed by atoms with E-state index in [1.807, 2.05) is 34.5 Å². The quantitative estimate of drug-likeness (QED) is 0.786. The van der Waals surface area contributed by atoms with Crippen molar-refractivity contribution >= 4 is 17.2 Å². The lowest BCUT2D eigenvalue weighted by Crippen LogP contribution is -2.30. The van der Waals surface area contributed by atoms with Gasteiger partial charge in [0.25, 0.3) is 5.91 Å². The fourth-order valence-corrected chi connectivity index (χ4v) is 2.84. The highest BCUT2D eigenvalue weighted by atomic mass is 32.1. The molecule has 0 aliphatic carbocycles. The molecule has 22 heavy (non-hydrogen) atoms. The normalized spacial score (nSPS) is 10.8. The number of likely N-dealkylation sites (N-methyl/N-ethyl adjacent to an activating group) is 1. The van der Waals surface area contributed by atoms with Gasteiger partial charge in [-0.1, -0.05) is 0 Å². The summed E-state index contributed by atoms with van der Waals surface area (Å²) in [6, 6.07) is 3.78. The first-order valence-corrected chi connectivity index (χ1v) is 7.90. The van der Waals surface area contributed by atoms with Crippen molar-refractivity contribution in [3.63, 3.8) is 0 Å². The minimum Gasteiger partial charge on any atom is -0.339 e. The van der Waals surface area contributed by atoms with Crippen molar-refractivity contribution in [1.29, 1.82) is 0 Å². The number of nitrogens with one attached hydrogen (secondary N) is 1. The molecule has 0 aliphatic rings. The van der Waals surface area contributed by atoms with Gasteiger partial charge < -0.3 is 9.47 Å². The highest BCUT2D eigenvalue weighted by molar-refractivity contribution is 7.08. The number of amides is 1. The Hall–Kier alpha value is -2.41. The van der Waals surface area contributed by atoms with Gasteiger partial charge in [0.2, 0.25) is 0 Å². The first kappa shape index (κ1) is 14.5. The van der Waals surface area contributed by atoms with E-state index in [-0.39, 0.29) is 5.91 Å². The highest BCUT2D eigenvalue weighted by Gasteiger charge is 2.15. The minimum absolute atomic E-state index is 0.0632. The number of H-pyrrole nitrogens is 1. The Morgan fingerprint density at radius 2 is 2.36 bits per heavy atom. The number of hydrogen-bond donors (Lipinski definition) is 1. The maximum atomic E-state index is 12.4. The number of hydrogen-bond acceptors (Lipinski definition) is 4. The van der Waals surface area contributed by atoms with E-state index in [1.54, 1.807) is 35.5 Å². The van der Waals surface area contributed by atoms with Crippen LogP contribution in [-0.4, -0.2) is 44.1 Å². The number of aryl methyl sites for hydroxylation is 1. The molecule has 3 aromatic heterocycles. The van der Waals surface area contributed by atoms with Crippen LogP contribution in [0.3, 0.4) is 0 Å². The number of aromatic nitrogens is 4. The predicted octanol–water partition coefficient (Wildman–Crippen LogP) is 2.42. The van der Waals surface area contributed by atoms with E-state index in [9.17, 15) is 4.79 Å². The molecule has 0 spiro atoms. The molecule has 114 valence electrons. The first-order chi connectivity index (χ1) is 10.6. The summed E-state index contributed by atoms with van der Waals surface area (Å²) in [6.45, 7) is 3.28. The van der Waals surface area contributed by atoms with E-state index in [4.69, 9.17) is 0 Å². The second-order valence-electron chi connectivity index (χ2n) is 5.07. The van der Waals surface area contributed by atoms with E-state index in [2.05, 4.69) is 15.2 Å². The summed E-state index contributed by atoms with van der Waals surface area (Å²) >= 11 is 1.61. The molecule has 7 heteroatoms. The average molecular weight is 315 g/mol. The standard InChI is InChI=1S/C15H17N5OS/c1-11-16-4-5-20(11)7-6-19(2)15(21)14-9-13(17-18-14)12-3-8-22-10-12/h3-5,8-10H,6-7H2,1-2H3,(H,17,18). The molecule has 6 nitrogen and oxygen atoms in total. The van der Waals surface area contributed by atoms with E-state index in [1.165, 1.54) is 0 Å². The van der Waals surface area contributed by atoms with Gasteiger partial charge in [0, 0.05) is 43.5 Å². The number of carbonyl (C=O) groups excluding carboxylic acids is 1. The molecule has 0 saturated carbocycles. The Kier molecular flexibility index (Phi) is 4.06. The zero-order valence-electron chi connectivity index (χ0n) is 12.5. The third-order valence-corrected chi connectivity index (χ3v) is 4.26. The van der Waals surface area contributed by atoms with Crippen molar-refractivity contribution in [3.05, 3.63) is 46.8 Å². The molecule has 0 unspecified atom stereocenters. The molecule has 0 aliphatic heterocycles. The molecule has 3 rings (SSSR count). The number of nitrogens with zero attached hydrogens (tertiary/aromatic N) is 4. The van der Waals surface area contributed by atoms with Crippen molar-refractivity contribution in [2.45, 2.75) is 13.5 Å². The molecule has 0 radical (unpaired) electrons. The Morgan fingerprint density at radius 1 is 1.50 bits per heavy atom. The lowest BCUT2D eigenvalue weighted by Gasteiger charge is -2.16. The van der Waals surface area contributed by atoms with Crippen LogP contribution in [0.15, 0.2) is 35.3 Å². The predicted molar refractivity (Wildman–Crippen MR) is 85.8 cm³/mol. The summed E-state index contributed by atoms with van der Waals surface area (Å²) in [7, 11) is 1.79. The molecule has 0 atom stereocenters. The molecule has 3 aromatic rings. The van der Waals surface area contributed by atoms with Crippen LogP contribution in [0, 0.1) is 6.92 Å². The van der Waals surface area contributed by atoms with E-state index < -0.39 is 0 Å². The van der Waals surface area contributed by atoms with Crippen LogP contribution in [0.25, 0.3) is 11.3 Å². The van der Waals surface area contributed by atoms with E-state index in [0.717, 1.165) is 23.6 Å². The summed E-state index contributed by atoms with van der Waals surface area (Å²) in [5.41, 5.74) is 2.33. The highest BCUT2D eigenvalue weighted by Crippen LogP contribution is 2.20. The Labute approximate surface area is 132 Å². The van der Waals surface area contributed by atoms with Crippen LogP contribution in [0.4, 0.5) is 0 Å². The second-order valence-corrected chi connectivity index (χ2v) is 5.85. The second kappa shape index (κ2) is 6.15. The van der Waals surface area contributed by atoms with E-state index >= 15 is 0 Å². The lowest BCUT2D eigenvalue weighted by atomic mass is 10.2. The molecule has 1 amide bonds. The van der Waals surface area contributed by atoms with Gasteiger partial charge in [0.15, 0.2) is 0 Å². The maximum absolute atomic E-state index is 12.4. The van der Waals surface area contributed by atoms with E-state index in [0.29, 0.717) is 12.2 Å². The van der Waals surface area contributed by atoms with Crippen LogP contribution in [0.5, 0.6) is 0 Å². The third-order valence-electron chi connectivity index (χ3n) is 3.57. The number of rotatable bonds is 5. The van der Waals surface area contributed by atoms with Crippen molar-refractivity contribution in [2.75, 3.05) is 13.6 Å². The number of imidazole rings is 1. The fourth-order valence-electron chi connectivity index (χ4n) is 2.19. The minimum atomic E-state index is -0.0632. The van der Waals surface area contributed by atoms with Crippen molar-refractivity contribution in [1.82, 2.24) is 24.6 Å². The third kappa shape index (κ3) is 2.94. The fraction of sp³-hybridized carbons (Fsp3) is 0.267. The summed E-state index contributed by atoms with van der Waals surface area (Å²) < 4.78 is 2.02. The van der Waals surface area contributed by atoms with Crippen LogP contribution < -0.4 is 0 Å². The van der Waals surface area contributed by atoms with Crippen LogP contribution in [-0.2, 0) is 6.54 Å². The summed E-state index contributed by atoms with van der Waals surface area (Å²) in [5.74, 6) is 0.883. The maximum Gasteiger partial charge on any atom is 0.271 e. The number of aromatic amines is 1. The zero-order valence-corrected chi connectivity index (χ0v) is 13.3. The van der Waals surface area contributed by atoms with Crippen molar-refractivity contribution < 1.29 is 4.79 Å². The molecule has 0 bridgehead atoms. The first-order valence-electron chi connectivity index (χ1n) is 6.96. The molecule has 1 N–H and O–H groups in total. The molecule has 0 aromatic carbocycles. The molecule has 3 heterocycles. The largest absolute Gasteiger partial charge is 0.339 e. The average Bonchev–Trinajstić information content (AvgIpc) is 3.24. The monoisotopic (exact) mass is 315 g/mol. The van der Waals surface area contributed by atoms with Gasteiger partial charge in [-0.2, -0.15) is 16.4 Å². The van der Waals surface area contributed by atoms with Gasteiger partial charge in [-0.25, -0.2) is 4.98 Å². The SMILES string of the molecule is Cc1nccn1CCN(C)C(=O)c1cc(-c2ccsc2)n[nH]1. The Morgan fingerprint density at radius 3 is 3.05 bits per heavy atom. The van der Waals surface area contributed by atoms with Gasteiger partial charge in [0.05, 0.1) is 5.69 Å². The molecular formula is C15H17N5OS. The van der Waals surface area contributed by atoms with Gasteiger partial charge in [-0.15, -0.1) is 0 Å². The van der Waals surface area contributed by atoms with Crippen molar-refractivity contribution in [3.8, 4) is 11.3 Å². The van der Waals surface area contributed by atoms with Gasteiger partial charge in [-0.05, 0) is 24.4 Å². The van der Waals surface area contributed by atoms with Gasteiger partial charge in [0.1, 0.15) is 11.5 Å². The Bertz CT molecular complexity index is 759. The number of thiophene rings is 1. The van der Waals surface area contributed by atoms with Crippen molar-refractivity contribution in [2.24, 2.45) is 0 Å².